The van der Waals surface area contributed by atoms with Crippen LogP contribution in [0.15, 0.2) is 0 Å². The van der Waals surface area contributed by atoms with Crippen LogP contribution in [-0.4, -0.2) is 29.9 Å². The molecule has 0 aromatic rings. The van der Waals surface area contributed by atoms with E-state index in [0.717, 1.165) is 0 Å². The average Bonchev–Trinajstić information content (AvgIpc) is 1.80. The predicted octanol–water partition coefficient (Wildman–Crippen LogP) is 0.0352. The lowest BCUT2D eigenvalue weighted by Crippen LogP contribution is -2.20. The van der Waals surface area contributed by atoms with Crippen molar-refractivity contribution < 1.29 is 18.1 Å². The molecule has 0 heterocycles. The average molecular weight is 168 g/mol. The van der Waals surface area contributed by atoms with Gasteiger partial charge < -0.3 is 5.11 Å². The zero-order chi connectivity index (χ0) is 8.20. The van der Waals surface area contributed by atoms with E-state index in [1.807, 2.05) is 0 Å². The molecule has 0 amide bonds. The molecule has 4 nitrogen and oxygen atoms in total. The largest absolute Gasteiger partial charge is 0.396 e. The van der Waals surface area contributed by atoms with Gasteiger partial charge in [-0.3, -0.25) is 4.55 Å². The maximum Gasteiger partial charge on any atom is 0.267 e. The van der Waals surface area contributed by atoms with E-state index in [9.17, 15) is 8.42 Å². The van der Waals surface area contributed by atoms with Crippen LogP contribution in [0.5, 0.6) is 0 Å². The highest BCUT2D eigenvalue weighted by Gasteiger charge is 2.19. The quantitative estimate of drug-likeness (QED) is 0.581. The third kappa shape index (κ3) is 3.14. The highest BCUT2D eigenvalue weighted by atomic mass is 32.2. The van der Waals surface area contributed by atoms with Gasteiger partial charge in [-0.1, -0.05) is 6.92 Å². The summed E-state index contributed by atoms with van der Waals surface area (Å²) in [5.41, 5.74) is 0. The third-order valence-corrected chi connectivity index (χ3v) is 2.74. The van der Waals surface area contributed by atoms with Crippen LogP contribution < -0.4 is 0 Å². The molecule has 1 atom stereocenters. The molecule has 62 valence electrons. The van der Waals surface area contributed by atoms with E-state index in [1.165, 1.54) is 0 Å². The molecule has 5 heteroatoms. The summed E-state index contributed by atoms with van der Waals surface area (Å²) in [4.78, 5) is 0. The maximum atomic E-state index is 10.4. The first kappa shape index (κ1) is 9.87. The van der Waals surface area contributed by atoms with Gasteiger partial charge in [0.15, 0.2) is 0 Å². The molecule has 0 aromatic heterocycles. The van der Waals surface area contributed by atoms with E-state index in [-0.39, 0.29) is 13.0 Å². The Morgan fingerprint density at radius 2 is 2.00 bits per heavy atom. The maximum absolute atomic E-state index is 10.4. The first-order valence-electron chi connectivity index (χ1n) is 3.09. The van der Waals surface area contributed by atoms with Crippen molar-refractivity contribution in [2.24, 2.45) is 0 Å². The summed E-state index contributed by atoms with van der Waals surface area (Å²) in [6.45, 7) is 1.44. The molecule has 0 aromatic carbocycles. The Kier molecular flexibility index (Phi) is 3.85. The fourth-order valence-corrected chi connectivity index (χ4v) is 1.53. The molecule has 0 aliphatic rings. The van der Waals surface area contributed by atoms with Crippen LogP contribution in [-0.2, 0) is 10.1 Å². The van der Waals surface area contributed by atoms with Crippen LogP contribution in [0.4, 0.5) is 0 Å². The van der Waals surface area contributed by atoms with Gasteiger partial charge in [0.25, 0.3) is 10.1 Å². The molecule has 0 fully saturated rings. The van der Waals surface area contributed by atoms with Gasteiger partial charge in [-0.2, -0.15) is 8.42 Å². The van der Waals surface area contributed by atoms with Gasteiger partial charge in [0.05, 0.1) is 5.25 Å². The molecule has 2 N–H and O–H groups in total. The highest BCUT2D eigenvalue weighted by Crippen LogP contribution is 2.07. The van der Waals surface area contributed by atoms with Crippen molar-refractivity contribution >= 4 is 10.1 Å². The summed E-state index contributed by atoms with van der Waals surface area (Å²) >= 11 is 0. The van der Waals surface area contributed by atoms with Crippen molar-refractivity contribution in [1.29, 1.82) is 0 Å². The Labute approximate surface area is 60.6 Å². The monoisotopic (exact) mass is 168 g/mol. The van der Waals surface area contributed by atoms with Crippen LogP contribution in [0, 0.1) is 0 Å². The second kappa shape index (κ2) is 3.90. The second-order valence-corrected chi connectivity index (χ2v) is 3.75. The molecule has 0 aliphatic heterocycles. The van der Waals surface area contributed by atoms with Gasteiger partial charge in [-0.15, -0.1) is 0 Å². The number of rotatable bonds is 4. The molecule has 0 saturated carbocycles. The summed E-state index contributed by atoms with van der Waals surface area (Å²) in [6, 6.07) is 0. The van der Waals surface area contributed by atoms with Crippen molar-refractivity contribution in [2.75, 3.05) is 6.61 Å². The second-order valence-electron chi connectivity index (χ2n) is 2.06. The lowest BCUT2D eigenvalue weighted by molar-refractivity contribution is 0.281. The van der Waals surface area contributed by atoms with E-state index in [4.69, 9.17) is 9.66 Å². The Hall–Kier alpha value is -0.130. The number of hydrogen-bond acceptors (Lipinski definition) is 3. The highest BCUT2D eigenvalue weighted by molar-refractivity contribution is 7.86. The van der Waals surface area contributed by atoms with E-state index in [2.05, 4.69) is 0 Å². The predicted molar refractivity (Wildman–Crippen MR) is 37.3 cm³/mol. The van der Waals surface area contributed by atoms with E-state index >= 15 is 0 Å². The summed E-state index contributed by atoms with van der Waals surface area (Å²) in [6.07, 6.45) is 0.439. The lowest BCUT2D eigenvalue weighted by atomic mass is 10.2. The fourth-order valence-electron chi connectivity index (χ4n) is 0.708. The van der Waals surface area contributed by atoms with Crippen molar-refractivity contribution in [2.45, 2.75) is 25.0 Å². The molecule has 0 spiro atoms. The van der Waals surface area contributed by atoms with Crippen molar-refractivity contribution in [1.82, 2.24) is 0 Å². The molecule has 0 bridgehead atoms. The molecule has 10 heavy (non-hydrogen) atoms. The summed E-state index contributed by atoms with van der Waals surface area (Å²) in [5, 5.41) is 7.55. The zero-order valence-electron chi connectivity index (χ0n) is 5.82. The lowest BCUT2D eigenvalue weighted by Gasteiger charge is -2.07. The molecular weight excluding hydrogens is 156 g/mol. The van der Waals surface area contributed by atoms with E-state index < -0.39 is 15.4 Å². The molecule has 0 radical (unpaired) electrons. The van der Waals surface area contributed by atoms with Crippen LogP contribution in [0.1, 0.15) is 19.8 Å². The Morgan fingerprint density at radius 1 is 1.50 bits per heavy atom. The summed E-state index contributed by atoms with van der Waals surface area (Å²) in [5.74, 6) is 0. The third-order valence-electron chi connectivity index (χ3n) is 1.33. The molecular formula is C5H12O4S. The first-order valence-corrected chi connectivity index (χ1v) is 4.59. The van der Waals surface area contributed by atoms with Gasteiger partial charge in [0, 0.05) is 6.61 Å². The zero-order valence-corrected chi connectivity index (χ0v) is 6.63. The van der Waals surface area contributed by atoms with Crippen LogP contribution >= 0.6 is 0 Å². The Morgan fingerprint density at radius 3 is 2.10 bits per heavy atom. The van der Waals surface area contributed by atoms with Crippen molar-refractivity contribution in [3.63, 3.8) is 0 Å². The van der Waals surface area contributed by atoms with Gasteiger partial charge in [-0.05, 0) is 12.8 Å². The topological polar surface area (TPSA) is 74.6 Å². The molecule has 0 saturated heterocycles. The minimum absolute atomic E-state index is 0.106. The molecule has 0 rings (SSSR count). The normalized spacial score (nSPS) is 15.1. The van der Waals surface area contributed by atoms with Crippen molar-refractivity contribution in [3.8, 4) is 0 Å². The van der Waals surface area contributed by atoms with Crippen LogP contribution in [0.2, 0.25) is 0 Å². The number of hydrogen-bond donors (Lipinski definition) is 2. The SMILES string of the molecule is CCC(CCO)S(=O)(=O)O. The Bertz CT molecular complexity index is 172. The summed E-state index contributed by atoms with van der Waals surface area (Å²) in [7, 11) is -3.94. The van der Waals surface area contributed by atoms with Crippen LogP contribution in [0.3, 0.4) is 0 Å². The van der Waals surface area contributed by atoms with Gasteiger partial charge in [0.2, 0.25) is 0 Å². The van der Waals surface area contributed by atoms with Crippen LogP contribution in [0.25, 0.3) is 0 Å². The van der Waals surface area contributed by atoms with Gasteiger partial charge in [0.1, 0.15) is 0 Å². The van der Waals surface area contributed by atoms with Crippen molar-refractivity contribution in [3.05, 3.63) is 0 Å². The first-order chi connectivity index (χ1) is 4.52. The smallest absolute Gasteiger partial charge is 0.267 e. The van der Waals surface area contributed by atoms with Gasteiger partial charge >= 0.3 is 0 Å². The molecule has 0 aliphatic carbocycles. The standard InChI is InChI=1S/C5H12O4S/c1-2-5(3-4-6)10(7,8)9/h5-6H,2-4H2,1H3,(H,7,8,9). The number of aliphatic hydroxyl groups is 1. The van der Waals surface area contributed by atoms with E-state index in [0.29, 0.717) is 6.42 Å². The number of aliphatic hydroxyl groups excluding tert-OH is 1. The Balaban J connectivity index is 4.08. The van der Waals surface area contributed by atoms with E-state index in [1.54, 1.807) is 6.92 Å². The fraction of sp³-hybridized carbons (Fsp3) is 1.00. The van der Waals surface area contributed by atoms with Gasteiger partial charge in [-0.25, -0.2) is 0 Å². The summed E-state index contributed by atoms with van der Waals surface area (Å²) < 4.78 is 29.3. The minimum Gasteiger partial charge on any atom is -0.396 e. The molecule has 1 unspecified atom stereocenters. The minimum atomic E-state index is -3.94.